The van der Waals surface area contributed by atoms with Crippen molar-refractivity contribution in [3.63, 3.8) is 0 Å². The van der Waals surface area contributed by atoms with Gasteiger partial charge in [-0.05, 0) is 30.9 Å². The fraction of sp³-hybridized carbons (Fsp3) is 0.267. The number of fused-ring (bicyclic) bond motifs is 1. The minimum Gasteiger partial charge on any atom is -0.256 e. The zero-order valence-electron chi connectivity index (χ0n) is 9.57. The van der Waals surface area contributed by atoms with Gasteiger partial charge in [0, 0.05) is 17.1 Å². The summed E-state index contributed by atoms with van der Waals surface area (Å²) >= 11 is 6.22. The van der Waals surface area contributed by atoms with Gasteiger partial charge in [0.25, 0.3) is 0 Å². The van der Waals surface area contributed by atoms with E-state index in [1.165, 1.54) is 22.9 Å². The molecule has 3 rings (SSSR count). The van der Waals surface area contributed by atoms with Crippen molar-refractivity contribution in [2.75, 3.05) is 0 Å². The molecule has 0 saturated carbocycles. The molecule has 86 valence electrons. The second-order valence-corrected chi connectivity index (χ2v) is 5.04. The third-order valence-electron chi connectivity index (χ3n) is 3.29. The van der Waals surface area contributed by atoms with Gasteiger partial charge in [0.2, 0.25) is 0 Å². The summed E-state index contributed by atoms with van der Waals surface area (Å²) in [5.74, 6) is 0. The number of aromatic nitrogens is 1. The second-order valence-electron chi connectivity index (χ2n) is 4.48. The lowest BCUT2D eigenvalue weighted by Crippen LogP contribution is -2.03. The van der Waals surface area contributed by atoms with Crippen LogP contribution < -0.4 is 0 Å². The molecule has 1 aliphatic carbocycles. The minimum absolute atomic E-state index is 0.178. The van der Waals surface area contributed by atoms with Crippen LogP contribution in [0.5, 0.6) is 0 Å². The molecule has 17 heavy (non-hydrogen) atoms. The summed E-state index contributed by atoms with van der Waals surface area (Å²) in [7, 11) is 0. The highest BCUT2D eigenvalue weighted by atomic mass is 35.5. The molecule has 1 unspecified atom stereocenters. The van der Waals surface area contributed by atoms with Gasteiger partial charge >= 0.3 is 0 Å². The number of hydrogen-bond donors (Lipinski definition) is 0. The van der Waals surface area contributed by atoms with Crippen LogP contribution in [0.1, 0.15) is 24.8 Å². The number of halogens is 1. The molecule has 0 N–H and O–H groups in total. The van der Waals surface area contributed by atoms with Gasteiger partial charge in [0.1, 0.15) is 0 Å². The average Bonchev–Trinajstić information content (AvgIpc) is 2.38. The lowest BCUT2D eigenvalue weighted by molar-refractivity contribution is 0.748. The third-order valence-corrected chi connectivity index (χ3v) is 3.63. The first-order valence-corrected chi connectivity index (χ1v) is 6.47. The van der Waals surface area contributed by atoms with E-state index < -0.39 is 0 Å². The Kier molecular flexibility index (Phi) is 2.86. The first-order valence-electron chi connectivity index (χ1n) is 6.03. The number of hydrogen-bond acceptors (Lipinski definition) is 1. The van der Waals surface area contributed by atoms with Gasteiger partial charge < -0.3 is 0 Å². The van der Waals surface area contributed by atoms with Crippen LogP contribution in [-0.4, -0.2) is 10.4 Å². The molecule has 1 heterocycles. The van der Waals surface area contributed by atoms with Crippen molar-refractivity contribution in [3.05, 3.63) is 48.2 Å². The van der Waals surface area contributed by atoms with Crippen LogP contribution >= 0.6 is 11.6 Å². The summed E-state index contributed by atoms with van der Waals surface area (Å²) in [5, 5.41) is 1.38. The molecule has 0 radical (unpaired) electrons. The summed E-state index contributed by atoms with van der Waals surface area (Å²) in [6, 6.07) is 10.4. The van der Waals surface area contributed by atoms with Crippen molar-refractivity contribution in [2.45, 2.75) is 24.6 Å². The van der Waals surface area contributed by atoms with Crippen molar-refractivity contribution in [3.8, 4) is 0 Å². The van der Waals surface area contributed by atoms with Gasteiger partial charge in [0.05, 0.1) is 10.9 Å². The molecular weight excluding hydrogens is 230 g/mol. The lowest BCUT2D eigenvalue weighted by Gasteiger charge is -2.17. The van der Waals surface area contributed by atoms with E-state index in [1.807, 2.05) is 12.3 Å². The predicted molar refractivity (Wildman–Crippen MR) is 73.2 cm³/mol. The Hall–Kier alpha value is -1.34. The van der Waals surface area contributed by atoms with Gasteiger partial charge in [-0.15, -0.1) is 11.6 Å². The van der Waals surface area contributed by atoms with Crippen LogP contribution in [0.25, 0.3) is 16.5 Å². The largest absolute Gasteiger partial charge is 0.256 e. The van der Waals surface area contributed by atoms with Crippen LogP contribution in [0.4, 0.5) is 0 Å². The monoisotopic (exact) mass is 243 g/mol. The minimum atomic E-state index is 0.178. The van der Waals surface area contributed by atoms with Crippen molar-refractivity contribution < 1.29 is 0 Å². The zero-order valence-corrected chi connectivity index (χ0v) is 10.3. The molecule has 0 bridgehead atoms. The van der Waals surface area contributed by atoms with Crippen molar-refractivity contribution in [1.82, 2.24) is 4.98 Å². The number of nitrogens with zero attached hydrogens (tertiary/aromatic N) is 1. The van der Waals surface area contributed by atoms with E-state index in [4.69, 9.17) is 11.6 Å². The maximum Gasteiger partial charge on any atom is 0.0776 e. The van der Waals surface area contributed by atoms with Crippen molar-refractivity contribution in [1.29, 1.82) is 0 Å². The number of alkyl halides is 1. The van der Waals surface area contributed by atoms with Crippen LogP contribution in [0.2, 0.25) is 0 Å². The normalized spacial score (nSPS) is 20.3. The van der Waals surface area contributed by atoms with E-state index in [1.54, 1.807) is 0 Å². The standard InChI is InChI=1S/C15H14ClN/c16-13-7-1-5-12(10-13)14-8-2-4-11-6-3-9-17-15(11)14/h2-4,6,8-10,13H,1,5,7H2. The Morgan fingerprint density at radius 2 is 2.06 bits per heavy atom. The first kappa shape index (κ1) is 10.8. The number of rotatable bonds is 1. The van der Waals surface area contributed by atoms with Crippen molar-refractivity contribution in [2.24, 2.45) is 0 Å². The van der Waals surface area contributed by atoms with E-state index in [0.717, 1.165) is 18.4 Å². The predicted octanol–water partition coefficient (Wildman–Crippen LogP) is 4.41. The van der Waals surface area contributed by atoms with E-state index in [-0.39, 0.29) is 5.38 Å². The second kappa shape index (κ2) is 4.50. The SMILES string of the molecule is ClC1C=C(c2cccc3cccnc23)CCC1. The molecule has 0 saturated heterocycles. The van der Waals surface area contributed by atoms with Gasteiger partial charge in [-0.25, -0.2) is 0 Å². The Morgan fingerprint density at radius 1 is 1.18 bits per heavy atom. The Morgan fingerprint density at radius 3 is 2.94 bits per heavy atom. The third kappa shape index (κ3) is 2.07. The number of para-hydroxylation sites is 1. The molecule has 0 aliphatic heterocycles. The molecule has 1 aliphatic rings. The molecule has 0 amide bonds. The fourth-order valence-electron chi connectivity index (χ4n) is 2.46. The summed E-state index contributed by atoms with van der Waals surface area (Å²) in [6.45, 7) is 0. The Balaban J connectivity index is 2.17. The fourth-order valence-corrected chi connectivity index (χ4v) is 2.77. The highest BCUT2D eigenvalue weighted by Gasteiger charge is 2.14. The Labute approximate surface area is 106 Å². The van der Waals surface area contributed by atoms with Gasteiger partial charge in [0.15, 0.2) is 0 Å². The van der Waals surface area contributed by atoms with Gasteiger partial charge in [-0.2, -0.15) is 0 Å². The molecule has 2 heteroatoms. The topological polar surface area (TPSA) is 12.9 Å². The van der Waals surface area contributed by atoms with E-state index >= 15 is 0 Å². The van der Waals surface area contributed by atoms with E-state index in [0.29, 0.717) is 0 Å². The highest BCUT2D eigenvalue weighted by molar-refractivity contribution is 6.22. The maximum absolute atomic E-state index is 6.22. The van der Waals surface area contributed by atoms with Crippen LogP contribution in [0, 0.1) is 0 Å². The number of pyridine rings is 1. The quantitative estimate of drug-likeness (QED) is 0.676. The molecular formula is C15H14ClN. The molecule has 1 aromatic carbocycles. The average molecular weight is 244 g/mol. The summed E-state index contributed by atoms with van der Waals surface area (Å²) in [4.78, 5) is 4.50. The summed E-state index contributed by atoms with van der Waals surface area (Å²) in [6.07, 6.45) is 7.41. The van der Waals surface area contributed by atoms with Gasteiger partial charge in [-0.1, -0.05) is 30.3 Å². The van der Waals surface area contributed by atoms with Crippen molar-refractivity contribution >= 4 is 28.1 Å². The summed E-state index contributed by atoms with van der Waals surface area (Å²) < 4.78 is 0. The van der Waals surface area contributed by atoms with Crippen LogP contribution in [0.15, 0.2) is 42.6 Å². The molecule has 0 spiro atoms. The van der Waals surface area contributed by atoms with E-state index in [9.17, 15) is 0 Å². The molecule has 1 aromatic heterocycles. The highest BCUT2D eigenvalue weighted by Crippen LogP contribution is 2.32. The molecule has 1 atom stereocenters. The molecule has 1 nitrogen and oxygen atoms in total. The van der Waals surface area contributed by atoms with Gasteiger partial charge in [-0.3, -0.25) is 4.98 Å². The smallest absolute Gasteiger partial charge is 0.0776 e. The number of benzene rings is 1. The maximum atomic E-state index is 6.22. The van der Waals surface area contributed by atoms with Crippen LogP contribution in [-0.2, 0) is 0 Å². The summed E-state index contributed by atoms with van der Waals surface area (Å²) in [5.41, 5.74) is 3.68. The van der Waals surface area contributed by atoms with E-state index in [2.05, 4.69) is 35.3 Å². The Bertz CT molecular complexity index is 569. The molecule has 0 fully saturated rings. The zero-order chi connectivity index (χ0) is 11.7. The number of allylic oxidation sites excluding steroid dienone is 2. The lowest BCUT2D eigenvalue weighted by atomic mass is 9.92. The van der Waals surface area contributed by atoms with Crippen LogP contribution in [0.3, 0.4) is 0 Å². The molecule has 2 aromatic rings. The first-order chi connectivity index (χ1) is 8.34.